The molecule has 6 heteroatoms. The van der Waals surface area contributed by atoms with Crippen LogP contribution in [0.2, 0.25) is 0 Å². The highest BCUT2D eigenvalue weighted by atomic mass is 16.5. The third-order valence-corrected chi connectivity index (χ3v) is 4.52. The quantitative estimate of drug-likeness (QED) is 0.610. The molecule has 3 aromatic rings. The van der Waals surface area contributed by atoms with Gasteiger partial charge in [-0.15, -0.1) is 0 Å². The number of ether oxygens (including phenoxy) is 2. The summed E-state index contributed by atoms with van der Waals surface area (Å²) >= 11 is 0. The van der Waals surface area contributed by atoms with E-state index in [0.29, 0.717) is 31.3 Å². The molecule has 0 bridgehead atoms. The molecule has 0 saturated heterocycles. The van der Waals surface area contributed by atoms with Crippen LogP contribution in [0.3, 0.4) is 0 Å². The van der Waals surface area contributed by atoms with Crippen LogP contribution in [0.5, 0.6) is 5.88 Å². The van der Waals surface area contributed by atoms with Gasteiger partial charge in [0, 0.05) is 36.8 Å². The Bertz CT molecular complexity index is 940. The highest BCUT2D eigenvalue weighted by Gasteiger charge is 2.15. The highest BCUT2D eigenvalue weighted by Crippen LogP contribution is 2.26. The van der Waals surface area contributed by atoms with Crippen molar-refractivity contribution in [3.63, 3.8) is 0 Å². The Kier molecular flexibility index (Phi) is 5.99. The summed E-state index contributed by atoms with van der Waals surface area (Å²) in [6, 6.07) is 11.8. The topological polar surface area (TPSA) is 76.2 Å². The lowest BCUT2D eigenvalue weighted by atomic mass is 9.87. The number of benzene rings is 1. The molecule has 0 spiro atoms. The van der Waals surface area contributed by atoms with Gasteiger partial charge >= 0.3 is 0 Å². The molecule has 2 heterocycles. The molecule has 1 amide bonds. The number of carbonyl (C=O) groups is 1. The Labute approximate surface area is 165 Å². The number of pyridine rings is 1. The van der Waals surface area contributed by atoms with Crippen LogP contribution in [0, 0.1) is 0 Å². The number of hydrogen-bond acceptors (Lipinski definition) is 4. The fourth-order valence-electron chi connectivity index (χ4n) is 2.82. The maximum Gasteiger partial charge on any atom is 0.267 e. The summed E-state index contributed by atoms with van der Waals surface area (Å²) in [5, 5.41) is 3.95. The van der Waals surface area contributed by atoms with E-state index >= 15 is 0 Å². The SMILES string of the molecule is COCCOc1ccc(CNC(=O)c2cc3ccc(C(C)(C)C)cc3[nH]2)cn1. The second-order valence-corrected chi connectivity index (χ2v) is 7.76. The maximum absolute atomic E-state index is 12.5. The molecule has 0 saturated carbocycles. The minimum atomic E-state index is -0.145. The molecular formula is C22H27N3O3. The van der Waals surface area contributed by atoms with Crippen molar-refractivity contribution in [1.82, 2.24) is 15.3 Å². The summed E-state index contributed by atoms with van der Waals surface area (Å²) in [5.41, 5.74) is 3.71. The van der Waals surface area contributed by atoms with Crippen LogP contribution in [0.1, 0.15) is 42.4 Å². The number of carbonyl (C=O) groups excluding carboxylic acids is 1. The van der Waals surface area contributed by atoms with Crippen LogP contribution in [0.4, 0.5) is 0 Å². The Hall–Kier alpha value is -2.86. The van der Waals surface area contributed by atoms with Gasteiger partial charge in [-0.05, 0) is 28.7 Å². The van der Waals surface area contributed by atoms with Crippen LogP contribution in [-0.2, 0) is 16.7 Å². The van der Waals surface area contributed by atoms with Gasteiger partial charge in [0.25, 0.3) is 5.91 Å². The smallest absolute Gasteiger partial charge is 0.267 e. The van der Waals surface area contributed by atoms with Crippen molar-refractivity contribution < 1.29 is 14.3 Å². The number of fused-ring (bicyclic) bond motifs is 1. The van der Waals surface area contributed by atoms with E-state index in [1.54, 1.807) is 19.4 Å². The summed E-state index contributed by atoms with van der Waals surface area (Å²) in [6.45, 7) is 7.89. The summed E-state index contributed by atoms with van der Waals surface area (Å²) in [5.74, 6) is 0.395. The first kappa shape index (κ1) is 19.9. The van der Waals surface area contributed by atoms with Crippen molar-refractivity contribution in [3.05, 3.63) is 59.4 Å². The molecule has 28 heavy (non-hydrogen) atoms. The summed E-state index contributed by atoms with van der Waals surface area (Å²) in [7, 11) is 1.62. The molecular weight excluding hydrogens is 354 g/mol. The number of amides is 1. The number of aromatic nitrogens is 2. The van der Waals surface area contributed by atoms with Gasteiger partial charge in [-0.1, -0.05) is 39.0 Å². The largest absolute Gasteiger partial charge is 0.475 e. The van der Waals surface area contributed by atoms with E-state index in [2.05, 4.69) is 54.3 Å². The van der Waals surface area contributed by atoms with Crippen molar-refractivity contribution in [2.75, 3.05) is 20.3 Å². The monoisotopic (exact) mass is 381 g/mol. The summed E-state index contributed by atoms with van der Waals surface area (Å²) in [6.07, 6.45) is 1.70. The van der Waals surface area contributed by atoms with Gasteiger partial charge in [-0.2, -0.15) is 0 Å². The van der Waals surface area contributed by atoms with Gasteiger partial charge in [-0.25, -0.2) is 4.98 Å². The van der Waals surface area contributed by atoms with Gasteiger partial charge in [0.15, 0.2) is 0 Å². The Morgan fingerprint density at radius 1 is 1.14 bits per heavy atom. The van der Waals surface area contributed by atoms with Crippen LogP contribution >= 0.6 is 0 Å². The maximum atomic E-state index is 12.5. The normalized spacial score (nSPS) is 11.6. The third kappa shape index (κ3) is 4.89. The van der Waals surface area contributed by atoms with E-state index in [9.17, 15) is 4.79 Å². The zero-order valence-electron chi connectivity index (χ0n) is 16.8. The average Bonchev–Trinajstić information content (AvgIpc) is 3.10. The van der Waals surface area contributed by atoms with Crippen molar-refractivity contribution in [2.24, 2.45) is 0 Å². The molecule has 0 atom stereocenters. The van der Waals surface area contributed by atoms with Crippen LogP contribution in [-0.4, -0.2) is 36.2 Å². The number of nitrogens with one attached hydrogen (secondary N) is 2. The molecule has 0 unspecified atom stereocenters. The van der Waals surface area contributed by atoms with Gasteiger partial charge < -0.3 is 19.8 Å². The minimum Gasteiger partial charge on any atom is -0.475 e. The summed E-state index contributed by atoms with van der Waals surface area (Å²) < 4.78 is 10.4. The molecule has 0 radical (unpaired) electrons. The molecule has 148 valence electrons. The van der Waals surface area contributed by atoms with Gasteiger partial charge in [0.2, 0.25) is 5.88 Å². The van der Waals surface area contributed by atoms with Gasteiger partial charge in [0.05, 0.1) is 6.61 Å². The van der Waals surface area contributed by atoms with Gasteiger partial charge in [0.1, 0.15) is 12.3 Å². The molecule has 0 aliphatic carbocycles. The Morgan fingerprint density at radius 2 is 1.96 bits per heavy atom. The standard InChI is InChI=1S/C22H27N3O3/c1-22(2,3)17-7-6-16-11-19(25-18(16)12-17)21(26)24-14-15-5-8-20(23-13-15)28-10-9-27-4/h5-8,11-13,25H,9-10,14H2,1-4H3,(H,24,26). The zero-order chi connectivity index (χ0) is 20.1. The predicted molar refractivity (Wildman–Crippen MR) is 110 cm³/mol. The summed E-state index contributed by atoms with van der Waals surface area (Å²) in [4.78, 5) is 20.0. The number of aromatic amines is 1. The molecule has 2 aromatic heterocycles. The number of rotatable bonds is 7. The second-order valence-electron chi connectivity index (χ2n) is 7.76. The zero-order valence-corrected chi connectivity index (χ0v) is 16.8. The number of nitrogens with zero attached hydrogens (tertiary/aromatic N) is 1. The predicted octanol–water partition coefficient (Wildman–Crippen LogP) is 3.82. The van der Waals surface area contributed by atoms with E-state index in [-0.39, 0.29) is 11.3 Å². The van der Waals surface area contributed by atoms with E-state index in [0.717, 1.165) is 16.5 Å². The van der Waals surface area contributed by atoms with Crippen molar-refractivity contribution in [3.8, 4) is 5.88 Å². The van der Waals surface area contributed by atoms with E-state index in [4.69, 9.17) is 9.47 Å². The molecule has 3 rings (SSSR count). The van der Waals surface area contributed by atoms with Crippen LogP contribution in [0.25, 0.3) is 10.9 Å². The molecule has 0 fully saturated rings. The van der Waals surface area contributed by atoms with Crippen molar-refractivity contribution in [1.29, 1.82) is 0 Å². The molecule has 0 aliphatic rings. The average molecular weight is 381 g/mol. The lowest BCUT2D eigenvalue weighted by Crippen LogP contribution is -2.23. The van der Waals surface area contributed by atoms with E-state index < -0.39 is 0 Å². The molecule has 1 aromatic carbocycles. The number of methoxy groups -OCH3 is 1. The highest BCUT2D eigenvalue weighted by molar-refractivity contribution is 5.98. The fourth-order valence-corrected chi connectivity index (χ4v) is 2.82. The Morgan fingerprint density at radius 3 is 2.64 bits per heavy atom. The second kappa shape index (κ2) is 8.44. The molecule has 6 nitrogen and oxygen atoms in total. The third-order valence-electron chi connectivity index (χ3n) is 4.52. The van der Waals surface area contributed by atoms with Gasteiger partial charge in [-0.3, -0.25) is 4.79 Å². The first-order valence-corrected chi connectivity index (χ1v) is 9.35. The fraction of sp³-hybridized carbons (Fsp3) is 0.364. The Balaban J connectivity index is 1.61. The van der Waals surface area contributed by atoms with Crippen LogP contribution in [0.15, 0.2) is 42.6 Å². The first-order chi connectivity index (χ1) is 13.4. The van der Waals surface area contributed by atoms with Crippen molar-refractivity contribution >= 4 is 16.8 Å². The van der Waals surface area contributed by atoms with Crippen LogP contribution < -0.4 is 10.1 Å². The number of H-pyrrole nitrogens is 1. The minimum absolute atomic E-state index is 0.0637. The lowest BCUT2D eigenvalue weighted by Gasteiger charge is -2.18. The number of hydrogen-bond donors (Lipinski definition) is 2. The van der Waals surface area contributed by atoms with Crippen molar-refractivity contribution in [2.45, 2.75) is 32.7 Å². The first-order valence-electron chi connectivity index (χ1n) is 9.35. The van der Waals surface area contributed by atoms with E-state index in [1.165, 1.54) is 5.56 Å². The molecule has 2 N–H and O–H groups in total. The molecule has 0 aliphatic heterocycles. The van der Waals surface area contributed by atoms with E-state index in [1.807, 2.05) is 12.1 Å². The lowest BCUT2D eigenvalue weighted by molar-refractivity contribution is 0.0946.